The molecule has 0 N–H and O–H groups in total. The summed E-state index contributed by atoms with van der Waals surface area (Å²) in [4.78, 5) is 13.4. The summed E-state index contributed by atoms with van der Waals surface area (Å²) in [6, 6.07) is 77.6. The van der Waals surface area contributed by atoms with Gasteiger partial charge < -0.3 is 9.32 Å². The van der Waals surface area contributed by atoms with Gasteiger partial charge in [-0.05, 0) is 81.9 Å². The van der Waals surface area contributed by atoms with Crippen LogP contribution >= 0.6 is 0 Å². The lowest BCUT2D eigenvalue weighted by molar-refractivity contribution is 0.663. The minimum Gasteiger partial charge on any atom is -0.456 e. The molecule has 13 rings (SSSR count). The molecule has 12 aromatic rings. The van der Waals surface area contributed by atoms with Crippen molar-refractivity contribution in [2.75, 3.05) is 4.90 Å². The van der Waals surface area contributed by atoms with E-state index in [0.717, 1.165) is 94.4 Å². The van der Waals surface area contributed by atoms with Crippen LogP contribution in [0.4, 0.5) is 17.1 Å². The van der Waals surface area contributed by atoms with E-state index >= 15 is 0 Å². The molecule has 0 saturated heterocycles. The Balaban J connectivity index is 1.15. The number of benzene rings is 9. The summed E-state index contributed by atoms with van der Waals surface area (Å²) in [6.07, 6.45) is 0. The zero-order valence-electron chi connectivity index (χ0n) is 36.5. The SMILES string of the molecule is CC1(C)c2ccccc2-c2ccc3c4c(N(c5cccc(-c6ccccc6)c5)c5ccc6c(c5)oc5ccccc56)cccc4n(-c4nc(-c5ccccc5)cc(-c5ccccc5)n4)c3c21. The Morgan fingerprint density at radius 2 is 1.06 bits per heavy atom. The Morgan fingerprint density at radius 3 is 1.82 bits per heavy atom. The van der Waals surface area contributed by atoms with Crippen LogP contribution < -0.4 is 4.90 Å². The van der Waals surface area contributed by atoms with E-state index in [0.29, 0.717) is 5.95 Å². The van der Waals surface area contributed by atoms with Crippen molar-refractivity contribution in [3.63, 3.8) is 0 Å². The number of fused-ring (bicyclic) bond motifs is 10. The molecule has 5 heteroatoms. The lowest BCUT2D eigenvalue weighted by atomic mass is 9.81. The van der Waals surface area contributed by atoms with Crippen LogP contribution in [-0.2, 0) is 5.41 Å². The number of nitrogens with zero attached hydrogens (tertiary/aromatic N) is 4. The molecule has 0 radical (unpaired) electrons. The Hall–Kier alpha value is -8.54. The molecule has 3 heterocycles. The van der Waals surface area contributed by atoms with E-state index in [2.05, 4.69) is 230 Å². The summed E-state index contributed by atoms with van der Waals surface area (Å²) >= 11 is 0. The van der Waals surface area contributed by atoms with Gasteiger partial charge in [0, 0.05) is 55.5 Å². The third kappa shape index (κ3) is 5.87. The van der Waals surface area contributed by atoms with Gasteiger partial charge in [-0.2, -0.15) is 0 Å². The van der Waals surface area contributed by atoms with Crippen molar-refractivity contribution in [2.45, 2.75) is 19.3 Å². The minimum atomic E-state index is -0.326. The molecule has 1 aliphatic carbocycles. The van der Waals surface area contributed by atoms with E-state index in [9.17, 15) is 0 Å². The highest BCUT2D eigenvalue weighted by Gasteiger charge is 2.39. The molecule has 5 nitrogen and oxygen atoms in total. The van der Waals surface area contributed by atoms with Crippen LogP contribution in [0, 0.1) is 0 Å². The maximum absolute atomic E-state index is 6.58. The van der Waals surface area contributed by atoms with Crippen LogP contribution in [0.15, 0.2) is 223 Å². The Morgan fingerprint density at radius 1 is 0.455 bits per heavy atom. The maximum Gasteiger partial charge on any atom is 0.235 e. The first-order chi connectivity index (χ1) is 32.5. The summed E-state index contributed by atoms with van der Waals surface area (Å²) in [6.45, 7) is 4.72. The van der Waals surface area contributed by atoms with Gasteiger partial charge in [-0.1, -0.05) is 178 Å². The molecule has 0 spiro atoms. The van der Waals surface area contributed by atoms with E-state index in [-0.39, 0.29) is 5.41 Å². The number of furan rings is 1. The predicted octanol–water partition coefficient (Wildman–Crippen LogP) is 16.3. The van der Waals surface area contributed by atoms with Gasteiger partial charge in [-0.25, -0.2) is 9.97 Å². The van der Waals surface area contributed by atoms with Crippen LogP contribution in [0.5, 0.6) is 0 Å². The lowest BCUT2D eigenvalue weighted by Gasteiger charge is -2.27. The van der Waals surface area contributed by atoms with E-state index in [4.69, 9.17) is 14.4 Å². The molecule has 0 atom stereocenters. The van der Waals surface area contributed by atoms with Crippen molar-refractivity contribution in [3.8, 4) is 50.7 Å². The Kier molecular flexibility index (Phi) is 8.49. The highest BCUT2D eigenvalue weighted by molar-refractivity contribution is 6.19. The molecule has 0 saturated carbocycles. The summed E-state index contributed by atoms with van der Waals surface area (Å²) < 4.78 is 8.93. The number of para-hydroxylation sites is 1. The number of hydrogen-bond donors (Lipinski definition) is 0. The van der Waals surface area contributed by atoms with E-state index < -0.39 is 0 Å². The van der Waals surface area contributed by atoms with Gasteiger partial charge in [-0.3, -0.25) is 4.57 Å². The van der Waals surface area contributed by atoms with Crippen molar-refractivity contribution in [1.82, 2.24) is 14.5 Å². The van der Waals surface area contributed by atoms with E-state index in [1.807, 2.05) is 12.1 Å². The smallest absolute Gasteiger partial charge is 0.235 e. The number of anilines is 3. The molecule has 0 amide bonds. The van der Waals surface area contributed by atoms with Crippen LogP contribution in [0.3, 0.4) is 0 Å². The first-order valence-corrected chi connectivity index (χ1v) is 22.6. The van der Waals surface area contributed by atoms with Crippen LogP contribution in [0.2, 0.25) is 0 Å². The topological polar surface area (TPSA) is 47.1 Å². The molecule has 66 heavy (non-hydrogen) atoms. The second-order valence-electron chi connectivity index (χ2n) is 17.8. The fourth-order valence-corrected chi connectivity index (χ4v) is 10.6. The predicted molar refractivity (Wildman–Crippen MR) is 272 cm³/mol. The first-order valence-electron chi connectivity index (χ1n) is 22.6. The second-order valence-corrected chi connectivity index (χ2v) is 17.8. The third-order valence-corrected chi connectivity index (χ3v) is 13.6. The quantitative estimate of drug-likeness (QED) is 0.160. The highest BCUT2D eigenvalue weighted by atomic mass is 16.3. The zero-order chi connectivity index (χ0) is 43.9. The fourth-order valence-electron chi connectivity index (χ4n) is 10.6. The second kappa shape index (κ2) is 14.8. The molecule has 9 aromatic carbocycles. The lowest BCUT2D eigenvalue weighted by Crippen LogP contribution is -2.17. The van der Waals surface area contributed by atoms with Crippen molar-refractivity contribution in [3.05, 3.63) is 230 Å². The molecule has 312 valence electrons. The van der Waals surface area contributed by atoms with Crippen LogP contribution in [0.25, 0.3) is 94.5 Å². The highest BCUT2D eigenvalue weighted by Crippen LogP contribution is 2.54. The molecule has 3 aromatic heterocycles. The molecule has 0 unspecified atom stereocenters. The van der Waals surface area contributed by atoms with Crippen molar-refractivity contribution in [2.24, 2.45) is 0 Å². The van der Waals surface area contributed by atoms with Crippen LogP contribution in [0.1, 0.15) is 25.0 Å². The Labute approximate surface area is 382 Å². The fraction of sp³-hybridized carbons (Fsp3) is 0.0492. The summed E-state index contributed by atoms with van der Waals surface area (Å²) in [5, 5.41) is 4.42. The van der Waals surface area contributed by atoms with Crippen molar-refractivity contribution >= 4 is 60.8 Å². The molecule has 0 fully saturated rings. The molecule has 0 bridgehead atoms. The summed E-state index contributed by atoms with van der Waals surface area (Å²) in [5.41, 5.74) is 17.7. The normalized spacial score (nSPS) is 12.8. The average molecular weight is 847 g/mol. The van der Waals surface area contributed by atoms with Gasteiger partial charge in [-0.15, -0.1) is 0 Å². The summed E-state index contributed by atoms with van der Waals surface area (Å²) in [7, 11) is 0. The largest absolute Gasteiger partial charge is 0.456 e. The number of aromatic nitrogens is 3. The number of rotatable bonds is 7. The van der Waals surface area contributed by atoms with Gasteiger partial charge >= 0.3 is 0 Å². The average Bonchev–Trinajstić information content (AvgIpc) is 4.00. The number of hydrogen-bond acceptors (Lipinski definition) is 4. The third-order valence-electron chi connectivity index (χ3n) is 13.6. The maximum atomic E-state index is 6.58. The summed E-state index contributed by atoms with van der Waals surface area (Å²) in [5.74, 6) is 0.619. The van der Waals surface area contributed by atoms with Crippen molar-refractivity contribution < 1.29 is 4.42 Å². The minimum absolute atomic E-state index is 0.326. The monoisotopic (exact) mass is 846 g/mol. The Bertz CT molecular complexity index is 3790. The molecular formula is C61H42N4O. The molecule has 0 aliphatic heterocycles. The molecular weight excluding hydrogens is 805 g/mol. The first kappa shape index (κ1) is 38.0. The standard InChI is InChI=1S/C61H42N4O/c1-61(2)50-28-14-12-26-45(50)48-34-35-49-57-53(64(43-25-16-24-42(36-43)39-18-6-3-7-19-39)44-32-33-47-46-27-13-15-31-55(46)66-56(47)37-44)29-17-30-54(57)65(59(49)58(48)61)60-62-51(40-20-8-4-9-21-40)38-52(63-60)41-22-10-5-11-23-41/h3-38H,1-2H3. The van der Waals surface area contributed by atoms with Gasteiger partial charge in [0.25, 0.3) is 0 Å². The van der Waals surface area contributed by atoms with Crippen molar-refractivity contribution in [1.29, 1.82) is 0 Å². The van der Waals surface area contributed by atoms with Gasteiger partial charge in [0.05, 0.1) is 28.1 Å². The van der Waals surface area contributed by atoms with Gasteiger partial charge in [0.2, 0.25) is 5.95 Å². The van der Waals surface area contributed by atoms with Crippen LogP contribution in [-0.4, -0.2) is 14.5 Å². The van der Waals surface area contributed by atoms with Gasteiger partial charge in [0.1, 0.15) is 11.2 Å². The molecule has 1 aliphatic rings. The zero-order valence-corrected chi connectivity index (χ0v) is 36.5. The van der Waals surface area contributed by atoms with E-state index in [1.54, 1.807) is 0 Å². The van der Waals surface area contributed by atoms with E-state index in [1.165, 1.54) is 22.3 Å². The van der Waals surface area contributed by atoms with Gasteiger partial charge in [0.15, 0.2) is 0 Å².